The number of esters is 1. The first kappa shape index (κ1) is 14.8. The van der Waals surface area contributed by atoms with Crippen LogP contribution >= 0.6 is 11.8 Å². The van der Waals surface area contributed by atoms with Crippen LogP contribution in [-0.2, 0) is 9.53 Å². The molecule has 98 valence electrons. The quantitative estimate of drug-likeness (QED) is 0.562. The van der Waals surface area contributed by atoms with E-state index in [2.05, 4.69) is 4.74 Å². The zero-order valence-corrected chi connectivity index (χ0v) is 11.5. The van der Waals surface area contributed by atoms with Gasteiger partial charge in [0.2, 0.25) is 0 Å². The summed E-state index contributed by atoms with van der Waals surface area (Å²) in [6, 6.07) is 9.26. The van der Waals surface area contributed by atoms with Gasteiger partial charge < -0.3 is 4.74 Å². The van der Waals surface area contributed by atoms with E-state index < -0.39 is 0 Å². The summed E-state index contributed by atoms with van der Waals surface area (Å²) >= 11 is 1.52. The van der Waals surface area contributed by atoms with Crippen molar-refractivity contribution in [1.82, 2.24) is 0 Å². The van der Waals surface area contributed by atoms with Crippen molar-refractivity contribution in [1.29, 1.82) is 0 Å². The third-order valence-corrected chi connectivity index (χ3v) is 3.96. The van der Waals surface area contributed by atoms with E-state index in [-0.39, 0.29) is 17.0 Å². The Morgan fingerprint density at radius 3 is 2.50 bits per heavy atom. The molecule has 0 amide bonds. The molecule has 3 nitrogen and oxygen atoms in total. The fraction of sp³-hybridized carbons (Fsp3) is 0.429. The molecule has 0 fully saturated rings. The van der Waals surface area contributed by atoms with Crippen LogP contribution in [-0.4, -0.2) is 29.9 Å². The molecule has 1 aromatic carbocycles. The number of rotatable bonds is 7. The maximum Gasteiger partial charge on any atom is 0.306 e. The minimum atomic E-state index is -0.232. The molecule has 1 rings (SSSR count). The Balaban J connectivity index is 2.51. The van der Waals surface area contributed by atoms with Crippen LogP contribution in [0.25, 0.3) is 0 Å². The first-order valence-corrected chi connectivity index (χ1v) is 7.01. The van der Waals surface area contributed by atoms with Crippen molar-refractivity contribution in [2.45, 2.75) is 25.0 Å². The maximum atomic E-state index is 12.2. The van der Waals surface area contributed by atoms with Gasteiger partial charge in [-0.15, -0.1) is 11.8 Å². The molecule has 0 heterocycles. The molecule has 0 aromatic heterocycles. The van der Waals surface area contributed by atoms with Gasteiger partial charge in [-0.3, -0.25) is 9.59 Å². The van der Waals surface area contributed by atoms with Crippen molar-refractivity contribution in [3.8, 4) is 0 Å². The first-order valence-electron chi connectivity index (χ1n) is 5.96. The summed E-state index contributed by atoms with van der Waals surface area (Å²) in [6.45, 7) is 1.98. The molecule has 0 aliphatic heterocycles. The van der Waals surface area contributed by atoms with Crippen LogP contribution in [0.4, 0.5) is 0 Å². The number of thioether (sulfide) groups is 1. The predicted octanol–water partition coefficient (Wildman–Crippen LogP) is 2.94. The van der Waals surface area contributed by atoms with Gasteiger partial charge in [-0.05, 0) is 6.42 Å². The number of hydrogen-bond acceptors (Lipinski definition) is 4. The lowest BCUT2D eigenvalue weighted by atomic mass is 10.1. The summed E-state index contributed by atoms with van der Waals surface area (Å²) in [4.78, 5) is 23.2. The maximum absolute atomic E-state index is 12.2. The molecule has 0 spiro atoms. The lowest BCUT2D eigenvalue weighted by Crippen LogP contribution is -2.17. The van der Waals surface area contributed by atoms with Crippen molar-refractivity contribution < 1.29 is 14.3 Å². The Bertz CT molecular complexity index is 389. The molecular weight excluding hydrogens is 248 g/mol. The molecule has 1 atom stereocenters. The fourth-order valence-corrected chi connectivity index (χ4v) is 2.65. The summed E-state index contributed by atoms with van der Waals surface area (Å²) in [5.74, 6) is 0.515. The second-order valence-electron chi connectivity index (χ2n) is 3.82. The molecule has 0 aliphatic rings. The summed E-state index contributed by atoms with van der Waals surface area (Å²) < 4.78 is 4.57. The van der Waals surface area contributed by atoms with Gasteiger partial charge in [0.1, 0.15) is 0 Å². The molecule has 18 heavy (non-hydrogen) atoms. The molecule has 0 saturated carbocycles. The van der Waals surface area contributed by atoms with Gasteiger partial charge in [0.05, 0.1) is 18.8 Å². The van der Waals surface area contributed by atoms with E-state index in [0.29, 0.717) is 12.2 Å². The monoisotopic (exact) mass is 266 g/mol. The zero-order valence-electron chi connectivity index (χ0n) is 10.7. The van der Waals surface area contributed by atoms with Crippen LogP contribution in [0, 0.1) is 0 Å². The van der Waals surface area contributed by atoms with Crippen LogP contribution in [0.3, 0.4) is 0 Å². The standard InChI is InChI=1S/C14H18O3S/c1-3-12(18-10-9-13(15)17-2)14(16)11-7-5-4-6-8-11/h4-8,12H,3,9-10H2,1-2H3. The average molecular weight is 266 g/mol. The van der Waals surface area contributed by atoms with Crippen molar-refractivity contribution in [3.05, 3.63) is 35.9 Å². The molecular formula is C14H18O3S. The van der Waals surface area contributed by atoms with Crippen molar-refractivity contribution >= 4 is 23.5 Å². The van der Waals surface area contributed by atoms with Crippen molar-refractivity contribution in [2.75, 3.05) is 12.9 Å². The molecule has 0 bridgehead atoms. The minimum Gasteiger partial charge on any atom is -0.469 e. The highest BCUT2D eigenvalue weighted by molar-refractivity contribution is 8.00. The van der Waals surface area contributed by atoms with E-state index >= 15 is 0 Å². The van der Waals surface area contributed by atoms with Crippen LogP contribution in [0.2, 0.25) is 0 Å². The van der Waals surface area contributed by atoms with Gasteiger partial charge >= 0.3 is 5.97 Å². The number of benzene rings is 1. The van der Waals surface area contributed by atoms with Crippen molar-refractivity contribution in [2.24, 2.45) is 0 Å². The molecule has 0 aliphatic carbocycles. The Kier molecular flexibility index (Phi) is 6.50. The Morgan fingerprint density at radius 1 is 1.28 bits per heavy atom. The topological polar surface area (TPSA) is 43.4 Å². The molecule has 0 radical (unpaired) electrons. The zero-order chi connectivity index (χ0) is 13.4. The van der Waals surface area contributed by atoms with Crippen molar-refractivity contribution in [3.63, 3.8) is 0 Å². The number of carbonyl (C=O) groups is 2. The van der Waals surface area contributed by atoms with E-state index in [1.165, 1.54) is 18.9 Å². The van der Waals surface area contributed by atoms with Gasteiger partial charge in [-0.25, -0.2) is 0 Å². The second-order valence-corrected chi connectivity index (χ2v) is 5.13. The number of ether oxygens (including phenoxy) is 1. The Labute approximate surface area is 112 Å². The molecule has 4 heteroatoms. The lowest BCUT2D eigenvalue weighted by Gasteiger charge is -2.13. The highest BCUT2D eigenvalue weighted by atomic mass is 32.2. The van der Waals surface area contributed by atoms with Crippen LogP contribution in [0.1, 0.15) is 30.1 Å². The molecule has 0 saturated heterocycles. The van der Waals surface area contributed by atoms with Gasteiger partial charge in [-0.1, -0.05) is 37.3 Å². The average Bonchev–Trinajstić information content (AvgIpc) is 2.43. The number of Topliss-reactive ketones (excluding diaryl/α,β-unsaturated/α-hetero) is 1. The predicted molar refractivity (Wildman–Crippen MR) is 73.9 cm³/mol. The highest BCUT2D eigenvalue weighted by Crippen LogP contribution is 2.20. The molecule has 1 aromatic rings. The van der Waals surface area contributed by atoms with E-state index in [9.17, 15) is 9.59 Å². The third kappa shape index (κ3) is 4.53. The van der Waals surface area contributed by atoms with Gasteiger partial charge in [0, 0.05) is 11.3 Å². The number of carbonyl (C=O) groups excluding carboxylic acids is 2. The number of hydrogen-bond donors (Lipinski definition) is 0. The Hall–Kier alpha value is -1.29. The summed E-state index contributed by atoms with van der Waals surface area (Å²) in [7, 11) is 1.37. The van der Waals surface area contributed by atoms with Gasteiger partial charge in [-0.2, -0.15) is 0 Å². The minimum absolute atomic E-state index is 0.0861. The number of methoxy groups -OCH3 is 1. The summed E-state index contributed by atoms with van der Waals surface area (Å²) in [5, 5.41) is -0.0861. The molecule has 0 N–H and O–H groups in total. The smallest absolute Gasteiger partial charge is 0.306 e. The SMILES string of the molecule is CCC(SCCC(=O)OC)C(=O)c1ccccc1. The largest absolute Gasteiger partial charge is 0.469 e. The van der Waals surface area contributed by atoms with Crippen LogP contribution < -0.4 is 0 Å². The van der Waals surface area contributed by atoms with Crippen LogP contribution in [0.5, 0.6) is 0 Å². The second kappa shape index (κ2) is 7.93. The summed E-state index contributed by atoms with van der Waals surface area (Å²) in [6.07, 6.45) is 1.11. The molecule has 1 unspecified atom stereocenters. The first-order chi connectivity index (χ1) is 8.69. The normalized spacial score (nSPS) is 11.9. The van der Waals surface area contributed by atoms with Gasteiger partial charge in [0.25, 0.3) is 0 Å². The fourth-order valence-electron chi connectivity index (χ4n) is 1.55. The van der Waals surface area contributed by atoms with Gasteiger partial charge in [0.15, 0.2) is 5.78 Å². The van der Waals surface area contributed by atoms with Crippen LogP contribution in [0.15, 0.2) is 30.3 Å². The van der Waals surface area contributed by atoms with E-state index in [1.54, 1.807) is 0 Å². The number of ketones is 1. The van der Waals surface area contributed by atoms with E-state index in [1.807, 2.05) is 37.3 Å². The van der Waals surface area contributed by atoms with E-state index in [0.717, 1.165) is 12.0 Å². The third-order valence-electron chi connectivity index (χ3n) is 2.57. The highest BCUT2D eigenvalue weighted by Gasteiger charge is 2.18. The lowest BCUT2D eigenvalue weighted by molar-refractivity contribution is -0.140. The van der Waals surface area contributed by atoms with E-state index in [4.69, 9.17) is 0 Å². The Morgan fingerprint density at radius 2 is 1.94 bits per heavy atom. The summed E-state index contributed by atoms with van der Waals surface area (Å²) in [5.41, 5.74) is 0.731.